The van der Waals surface area contributed by atoms with Gasteiger partial charge in [-0.05, 0) is 57.3 Å². The van der Waals surface area contributed by atoms with Gasteiger partial charge in [0, 0.05) is 0 Å². The maximum absolute atomic E-state index is 2.64. The largest absolute Gasteiger partial charge is 0.0759 e. The molecule has 2 atom stereocenters. The molecule has 2 aromatic rings. The Balaban J connectivity index is 1.80. The molecular formula is C25H30Si. The Hall–Kier alpha value is -1.86. The van der Waals surface area contributed by atoms with Gasteiger partial charge in [0.1, 0.15) is 0 Å². The molecule has 0 bridgehead atoms. The summed E-state index contributed by atoms with van der Waals surface area (Å²) in [7, 11) is -1.62. The summed E-state index contributed by atoms with van der Waals surface area (Å²) in [5.41, 5.74) is 10.6. The van der Waals surface area contributed by atoms with E-state index in [9.17, 15) is 0 Å². The van der Waals surface area contributed by atoms with E-state index in [1.165, 1.54) is 24.0 Å². The Labute approximate surface area is 159 Å². The minimum Gasteiger partial charge on any atom is -0.0759 e. The minimum absolute atomic E-state index is 0.615. The molecule has 0 saturated carbocycles. The molecule has 0 nitrogen and oxygen atoms in total. The summed E-state index contributed by atoms with van der Waals surface area (Å²) in [6, 6.07) is 18.3. The van der Waals surface area contributed by atoms with E-state index in [4.69, 9.17) is 0 Å². The SMILES string of the molecule is CCCC1=CC([Si](C)(C)C2C=C(CC)c3ccccc32)c2ccccc21. The third kappa shape index (κ3) is 2.65. The van der Waals surface area contributed by atoms with Crippen molar-refractivity contribution in [2.24, 2.45) is 0 Å². The predicted octanol–water partition coefficient (Wildman–Crippen LogP) is 7.34. The van der Waals surface area contributed by atoms with Crippen LogP contribution in [0.5, 0.6) is 0 Å². The molecule has 0 N–H and O–H groups in total. The zero-order chi connectivity index (χ0) is 18.3. The Bertz CT molecular complexity index is 885. The molecule has 4 rings (SSSR count). The lowest BCUT2D eigenvalue weighted by atomic mass is 10.0. The molecule has 134 valence electrons. The first-order chi connectivity index (χ1) is 12.6. The molecule has 2 aromatic carbocycles. The minimum atomic E-state index is -1.62. The summed E-state index contributed by atoms with van der Waals surface area (Å²) in [4.78, 5) is 0. The molecule has 26 heavy (non-hydrogen) atoms. The zero-order valence-electron chi connectivity index (χ0n) is 16.5. The summed E-state index contributed by atoms with van der Waals surface area (Å²) in [6.45, 7) is 9.80. The van der Waals surface area contributed by atoms with Crippen molar-refractivity contribution in [3.63, 3.8) is 0 Å². The van der Waals surface area contributed by atoms with Crippen LogP contribution in [0.2, 0.25) is 13.1 Å². The van der Waals surface area contributed by atoms with E-state index < -0.39 is 8.07 Å². The van der Waals surface area contributed by atoms with E-state index in [2.05, 4.69) is 87.6 Å². The first-order valence-corrected chi connectivity index (χ1v) is 13.3. The maximum Gasteiger partial charge on any atom is 0.0715 e. The topological polar surface area (TPSA) is 0 Å². The number of allylic oxidation sites excluding steroid dienone is 4. The second-order valence-corrected chi connectivity index (χ2v) is 13.3. The van der Waals surface area contributed by atoms with E-state index in [-0.39, 0.29) is 0 Å². The Morgan fingerprint density at radius 3 is 1.77 bits per heavy atom. The molecule has 2 aliphatic rings. The highest BCUT2D eigenvalue weighted by Crippen LogP contribution is 2.51. The van der Waals surface area contributed by atoms with Gasteiger partial charge in [0.15, 0.2) is 0 Å². The monoisotopic (exact) mass is 358 g/mol. The summed E-state index contributed by atoms with van der Waals surface area (Å²) >= 11 is 0. The highest BCUT2D eigenvalue weighted by molar-refractivity contribution is 6.81. The molecule has 1 heteroatoms. The standard InChI is InChI=1S/C25H30Si/c1-5-11-19-17-25(23-15-10-8-13-21(19)23)26(3,4)24-16-18(6-2)20-12-7-9-14-22(20)24/h7-10,12-17,24-25H,5-6,11H2,1-4H3. The first kappa shape index (κ1) is 17.5. The number of hydrogen-bond donors (Lipinski definition) is 0. The van der Waals surface area contributed by atoms with Gasteiger partial charge >= 0.3 is 0 Å². The summed E-state index contributed by atoms with van der Waals surface area (Å²) < 4.78 is 0. The van der Waals surface area contributed by atoms with Crippen molar-refractivity contribution in [3.05, 3.63) is 82.9 Å². The number of hydrogen-bond acceptors (Lipinski definition) is 0. The van der Waals surface area contributed by atoms with Crippen LogP contribution in [0.15, 0.2) is 60.7 Å². The molecule has 0 radical (unpaired) electrons. The van der Waals surface area contributed by atoms with Crippen molar-refractivity contribution in [2.75, 3.05) is 0 Å². The van der Waals surface area contributed by atoms with Crippen LogP contribution in [0.1, 0.15) is 66.4 Å². The smallest absolute Gasteiger partial charge is 0.0715 e. The second kappa shape index (κ2) is 6.70. The maximum atomic E-state index is 2.64. The summed E-state index contributed by atoms with van der Waals surface area (Å²) in [6.07, 6.45) is 8.82. The second-order valence-electron chi connectivity index (χ2n) is 8.44. The highest BCUT2D eigenvalue weighted by atomic mass is 28.3. The lowest BCUT2D eigenvalue weighted by Crippen LogP contribution is -2.39. The molecule has 0 fully saturated rings. The van der Waals surface area contributed by atoms with Crippen molar-refractivity contribution < 1.29 is 0 Å². The molecule has 0 saturated heterocycles. The zero-order valence-corrected chi connectivity index (χ0v) is 17.5. The molecule has 0 spiro atoms. The van der Waals surface area contributed by atoms with Crippen molar-refractivity contribution in [1.29, 1.82) is 0 Å². The third-order valence-corrected chi connectivity index (χ3v) is 10.7. The molecule has 2 unspecified atom stereocenters. The average Bonchev–Trinajstić information content (AvgIpc) is 3.22. The van der Waals surface area contributed by atoms with Crippen molar-refractivity contribution >= 4 is 19.2 Å². The van der Waals surface area contributed by atoms with Gasteiger partial charge in [0.2, 0.25) is 0 Å². The molecule has 0 aliphatic heterocycles. The van der Waals surface area contributed by atoms with Gasteiger partial charge in [-0.3, -0.25) is 0 Å². The first-order valence-electron chi connectivity index (χ1n) is 10.2. The van der Waals surface area contributed by atoms with Crippen LogP contribution in [-0.4, -0.2) is 8.07 Å². The van der Waals surface area contributed by atoms with Gasteiger partial charge < -0.3 is 0 Å². The van der Waals surface area contributed by atoms with Crippen LogP contribution < -0.4 is 0 Å². The van der Waals surface area contributed by atoms with Crippen LogP contribution in [-0.2, 0) is 0 Å². The lowest BCUT2D eigenvalue weighted by molar-refractivity contribution is 0.974. The quantitative estimate of drug-likeness (QED) is 0.490. The van der Waals surface area contributed by atoms with Gasteiger partial charge in [0.05, 0.1) is 8.07 Å². The van der Waals surface area contributed by atoms with Gasteiger partial charge in [-0.25, -0.2) is 0 Å². The molecule has 0 heterocycles. The average molecular weight is 359 g/mol. The Morgan fingerprint density at radius 1 is 0.731 bits per heavy atom. The number of fused-ring (bicyclic) bond motifs is 2. The van der Waals surface area contributed by atoms with Crippen molar-refractivity contribution in [3.8, 4) is 0 Å². The van der Waals surface area contributed by atoms with Crippen LogP contribution in [0.3, 0.4) is 0 Å². The van der Waals surface area contributed by atoms with Gasteiger partial charge in [0.25, 0.3) is 0 Å². The summed E-state index contributed by atoms with van der Waals surface area (Å²) in [5.74, 6) is 0. The van der Waals surface area contributed by atoms with Crippen molar-refractivity contribution in [1.82, 2.24) is 0 Å². The van der Waals surface area contributed by atoms with Crippen LogP contribution >= 0.6 is 0 Å². The molecule has 0 amide bonds. The summed E-state index contributed by atoms with van der Waals surface area (Å²) in [5, 5.41) is 0. The van der Waals surface area contributed by atoms with E-state index in [1.807, 2.05) is 0 Å². The number of benzene rings is 2. The van der Waals surface area contributed by atoms with E-state index in [0.717, 1.165) is 6.42 Å². The molecule has 2 aliphatic carbocycles. The normalized spacial score (nSPS) is 21.2. The van der Waals surface area contributed by atoms with E-state index >= 15 is 0 Å². The van der Waals surface area contributed by atoms with Crippen molar-refractivity contribution in [2.45, 2.75) is 57.3 Å². The van der Waals surface area contributed by atoms with Crippen LogP contribution in [0, 0.1) is 0 Å². The van der Waals surface area contributed by atoms with E-state index in [0.29, 0.717) is 11.1 Å². The fraction of sp³-hybridized carbons (Fsp3) is 0.360. The third-order valence-electron chi connectivity index (χ3n) is 6.52. The highest BCUT2D eigenvalue weighted by Gasteiger charge is 2.44. The van der Waals surface area contributed by atoms with Crippen LogP contribution in [0.4, 0.5) is 0 Å². The molecular weight excluding hydrogens is 328 g/mol. The van der Waals surface area contributed by atoms with Gasteiger partial charge in [-0.15, -0.1) is 0 Å². The lowest BCUT2D eigenvalue weighted by Gasteiger charge is -2.35. The Kier molecular flexibility index (Phi) is 4.52. The molecule has 0 aromatic heterocycles. The van der Waals surface area contributed by atoms with Crippen LogP contribution in [0.25, 0.3) is 11.1 Å². The Morgan fingerprint density at radius 2 is 1.23 bits per heavy atom. The van der Waals surface area contributed by atoms with Gasteiger partial charge in [-0.1, -0.05) is 94.0 Å². The fourth-order valence-corrected chi connectivity index (χ4v) is 8.86. The number of rotatable bonds is 5. The fourth-order valence-electron chi connectivity index (χ4n) is 5.10. The van der Waals surface area contributed by atoms with Gasteiger partial charge in [-0.2, -0.15) is 0 Å². The predicted molar refractivity (Wildman–Crippen MR) is 117 cm³/mol. The van der Waals surface area contributed by atoms with E-state index in [1.54, 1.807) is 22.3 Å².